The molecule has 0 aromatic heterocycles. The zero-order valence-corrected chi connectivity index (χ0v) is 9.42. The molecule has 1 heterocycles. The van der Waals surface area contributed by atoms with Crippen molar-refractivity contribution in [1.82, 2.24) is 5.32 Å². The smallest absolute Gasteiger partial charge is 0.128 e. The van der Waals surface area contributed by atoms with Crippen molar-refractivity contribution < 1.29 is 18.3 Å². The van der Waals surface area contributed by atoms with Gasteiger partial charge in [0, 0.05) is 18.7 Å². The fourth-order valence-electron chi connectivity index (χ4n) is 1.68. The third-order valence-corrected chi connectivity index (χ3v) is 2.57. The summed E-state index contributed by atoms with van der Waals surface area (Å²) >= 11 is 0. The van der Waals surface area contributed by atoms with E-state index in [0.29, 0.717) is 13.2 Å². The number of morpholine rings is 1. The molecule has 1 fully saturated rings. The number of benzene rings is 1. The summed E-state index contributed by atoms with van der Waals surface area (Å²) in [6.45, 7) is 2.66. The summed E-state index contributed by atoms with van der Waals surface area (Å²) in [6.07, 6.45) is -0.0135. The Labute approximate surface area is 98.7 Å². The molecule has 1 unspecified atom stereocenters. The number of rotatable bonds is 4. The monoisotopic (exact) mass is 243 g/mol. The van der Waals surface area contributed by atoms with Crippen molar-refractivity contribution in [2.24, 2.45) is 0 Å². The number of hydrogen-bond acceptors (Lipinski definition) is 3. The molecular formula is C12H15F2NO2. The second-order valence-corrected chi connectivity index (χ2v) is 3.95. The van der Waals surface area contributed by atoms with Crippen molar-refractivity contribution in [1.29, 1.82) is 0 Å². The van der Waals surface area contributed by atoms with E-state index in [2.05, 4.69) is 5.32 Å². The fraction of sp³-hybridized carbons (Fsp3) is 0.500. The molecule has 3 nitrogen and oxygen atoms in total. The van der Waals surface area contributed by atoms with Crippen LogP contribution in [0, 0.1) is 11.6 Å². The average molecular weight is 243 g/mol. The summed E-state index contributed by atoms with van der Waals surface area (Å²) in [5.41, 5.74) is 0.230. The van der Waals surface area contributed by atoms with Gasteiger partial charge < -0.3 is 14.8 Å². The van der Waals surface area contributed by atoms with E-state index >= 15 is 0 Å². The summed E-state index contributed by atoms with van der Waals surface area (Å²) in [5.74, 6) is -0.908. The summed E-state index contributed by atoms with van der Waals surface area (Å²) in [5, 5.41) is 3.16. The molecule has 1 aromatic rings. The lowest BCUT2D eigenvalue weighted by Gasteiger charge is -2.23. The van der Waals surface area contributed by atoms with E-state index in [1.807, 2.05) is 0 Å². The van der Waals surface area contributed by atoms with E-state index in [-0.39, 0.29) is 18.3 Å². The highest BCUT2D eigenvalue weighted by atomic mass is 19.1. The van der Waals surface area contributed by atoms with Gasteiger partial charge in [0.25, 0.3) is 0 Å². The van der Waals surface area contributed by atoms with Gasteiger partial charge in [-0.05, 0) is 18.2 Å². The molecule has 2 rings (SSSR count). The second kappa shape index (κ2) is 6.05. The van der Waals surface area contributed by atoms with Crippen molar-refractivity contribution in [3.05, 3.63) is 35.4 Å². The average Bonchev–Trinajstić information content (AvgIpc) is 2.35. The molecule has 0 bridgehead atoms. The Morgan fingerprint density at radius 3 is 3.06 bits per heavy atom. The Bertz CT molecular complexity index is 368. The van der Waals surface area contributed by atoms with Crippen LogP contribution in [0.2, 0.25) is 0 Å². The maximum absolute atomic E-state index is 13.2. The highest BCUT2D eigenvalue weighted by Crippen LogP contribution is 2.11. The van der Waals surface area contributed by atoms with Gasteiger partial charge in [-0.2, -0.15) is 0 Å². The van der Waals surface area contributed by atoms with Gasteiger partial charge in [0.1, 0.15) is 11.6 Å². The number of halogens is 2. The zero-order valence-electron chi connectivity index (χ0n) is 9.42. The van der Waals surface area contributed by atoms with Crippen molar-refractivity contribution in [3.8, 4) is 0 Å². The third-order valence-electron chi connectivity index (χ3n) is 2.57. The van der Waals surface area contributed by atoms with E-state index in [4.69, 9.17) is 9.47 Å². The van der Waals surface area contributed by atoms with Crippen LogP contribution in [0.15, 0.2) is 18.2 Å². The number of nitrogens with one attached hydrogen (secondary N) is 1. The van der Waals surface area contributed by atoms with Gasteiger partial charge in [-0.3, -0.25) is 0 Å². The molecule has 94 valence electrons. The molecule has 1 aliphatic heterocycles. The van der Waals surface area contributed by atoms with Crippen LogP contribution in [-0.4, -0.2) is 32.4 Å². The molecule has 1 aliphatic rings. The van der Waals surface area contributed by atoms with E-state index in [1.165, 1.54) is 0 Å². The van der Waals surface area contributed by atoms with Crippen LogP contribution in [-0.2, 0) is 16.1 Å². The van der Waals surface area contributed by atoms with Gasteiger partial charge in [0.15, 0.2) is 0 Å². The van der Waals surface area contributed by atoms with Crippen LogP contribution < -0.4 is 5.32 Å². The van der Waals surface area contributed by atoms with Crippen molar-refractivity contribution in [2.45, 2.75) is 12.7 Å². The molecule has 0 amide bonds. The molecule has 0 aliphatic carbocycles. The lowest BCUT2D eigenvalue weighted by atomic mass is 10.2. The summed E-state index contributed by atoms with van der Waals surface area (Å²) in [6, 6.07) is 3.34. The van der Waals surface area contributed by atoms with Crippen molar-refractivity contribution in [2.75, 3.05) is 26.3 Å². The summed E-state index contributed by atoms with van der Waals surface area (Å²) in [7, 11) is 0. The molecule has 0 spiro atoms. The van der Waals surface area contributed by atoms with Gasteiger partial charge in [-0.25, -0.2) is 8.78 Å². The first-order valence-corrected chi connectivity index (χ1v) is 5.59. The van der Waals surface area contributed by atoms with Gasteiger partial charge in [0.2, 0.25) is 0 Å². The lowest BCUT2D eigenvalue weighted by molar-refractivity contribution is -0.0362. The fourth-order valence-corrected chi connectivity index (χ4v) is 1.68. The minimum absolute atomic E-state index is 0.0135. The minimum atomic E-state index is -0.458. The third kappa shape index (κ3) is 3.73. The molecule has 1 atom stereocenters. The Morgan fingerprint density at radius 1 is 1.41 bits per heavy atom. The first-order valence-electron chi connectivity index (χ1n) is 5.59. The van der Waals surface area contributed by atoms with E-state index in [1.54, 1.807) is 0 Å². The van der Waals surface area contributed by atoms with Gasteiger partial charge in [-0.1, -0.05) is 0 Å². The zero-order chi connectivity index (χ0) is 12.1. The standard InChI is InChI=1S/C12H15F2NO2/c13-10-1-2-12(14)9(5-10)7-16-8-11-6-15-3-4-17-11/h1-2,5,11,15H,3-4,6-8H2. The SMILES string of the molecule is Fc1ccc(F)c(COCC2CNCCO2)c1. The maximum Gasteiger partial charge on any atom is 0.128 e. The molecule has 5 heteroatoms. The first kappa shape index (κ1) is 12.4. The van der Waals surface area contributed by atoms with Crippen LogP contribution in [0.4, 0.5) is 8.78 Å². The Morgan fingerprint density at radius 2 is 2.29 bits per heavy atom. The Kier molecular flexibility index (Phi) is 4.42. The highest BCUT2D eigenvalue weighted by Gasteiger charge is 2.13. The molecule has 1 N–H and O–H groups in total. The van der Waals surface area contributed by atoms with Crippen molar-refractivity contribution >= 4 is 0 Å². The van der Waals surface area contributed by atoms with Gasteiger partial charge in [0.05, 0.1) is 25.9 Å². The quantitative estimate of drug-likeness (QED) is 0.868. The Hall–Kier alpha value is -1.04. The number of hydrogen-bond donors (Lipinski definition) is 1. The van der Waals surface area contributed by atoms with Crippen LogP contribution in [0.3, 0.4) is 0 Å². The Balaban J connectivity index is 1.79. The molecule has 0 saturated carbocycles. The lowest BCUT2D eigenvalue weighted by Crippen LogP contribution is -2.40. The largest absolute Gasteiger partial charge is 0.374 e. The summed E-state index contributed by atoms with van der Waals surface area (Å²) < 4.78 is 36.9. The van der Waals surface area contributed by atoms with Gasteiger partial charge in [-0.15, -0.1) is 0 Å². The molecule has 1 aromatic carbocycles. The molecular weight excluding hydrogens is 228 g/mol. The van der Waals surface area contributed by atoms with Crippen LogP contribution in [0.5, 0.6) is 0 Å². The predicted molar refractivity (Wildman–Crippen MR) is 58.6 cm³/mol. The van der Waals surface area contributed by atoms with E-state index < -0.39 is 11.6 Å². The van der Waals surface area contributed by atoms with E-state index in [0.717, 1.165) is 31.3 Å². The van der Waals surface area contributed by atoms with Crippen LogP contribution in [0.1, 0.15) is 5.56 Å². The molecule has 1 saturated heterocycles. The highest BCUT2D eigenvalue weighted by molar-refractivity contribution is 5.17. The molecule has 0 radical (unpaired) electrons. The minimum Gasteiger partial charge on any atom is -0.374 e. The topological polar surface area (TPSA) is 30.5 Å². The molecule has 17 heavy (non-hydrogen) atoms. The van der Waals surface area contributed by atoms with Gasteiger partial charge >= 0.3 is 0 Å². The predicted octanol–water partition coefficient (Wildman–Crippen LogP) is 1.47. The first-order chi connectivity index (χ1) is 8.25. The maximum atomic E-state index is 13.2. The van der Waals surface area contributed by atoms with Crippen molar-refractivity contribution in [3.63, 3.8) is 0 Å². The van der Waals surface area contributed by atoms with Crippen LogP contribution >= 0.6 is 0 Å². The second-order valence-electron chi connectivity index (χ2n) is 3.95. The number of ether oxygens (including phenoxy) is 2. The van der Waals surface area contributed by atoms with Crippen LogP contribution in [0.25, 0.3) is 0 Å². The summed E-state index contributed by atoms with van der Waals surface area (Å²) in [4.78, 5) is 0. The van der Waals surface area contributed by atoms with E-state index in [9.17, 15) is 8.78 Å². The normalized spacial score (nSPS) is 20.5.